The molecule has 0 spiro atoms. The fourth-order valence-electron chi connectivity index (χ4n) is 2.80. The van der Waals surface area contributed by atoms with Gasteiger partial charge in [0.2, 0.25) is 5.91 Å². The molecule has 28 heavy (non-hydrogen) atoms. The molecule has 0 bridgehead atoms. The first kappa shape index (κ1) is 21.0. The molecule has 0 saturated heterocycles. The molecule has 2 rings (SSSR count). The fraction of sp³-hybridized carbons (Fsp3) is 0.278. The molecule has 146 valence electrons. The number of amides is 1. The van der Waals surface area contributed by atoms with Crippen LogP contribution in [0.1, 0.15) is 25.3 Å². The normalized spacial score (nSPS) is 16.2. The number of carbonyl (C=O) groups excluding carboxylic acids is 2. The summed E-state index contributed by atoms with van der Waals surface area (Å²) in [5.41, 5.74) is 6.19. The van der Waals surface area contributed by atoms with Crippen molar-refractivity contribution in [3.8, 4) is 6.07 Å². The second-order valence-corrected chi connectivity index (χ2v) is 6.76. The Balaban J connectivity index is 2.65. The molecule has 0 fully saturated rings. The molecule has 1 aliphatic heterocycles. The molecule has 1 atom stereocenters. The molecule has 0 aromatic heterocycles. The van der Waals surface area contributed by atoms with Gasteiger partial charge in [-0.05, 0) is 19.4 Å². The Labute approximate surface area is 165 Å². The number of nitro groups is 1. The minimum Gasteiger partial charge on any atom is -0.463 e. The number of ether oxygens (including phenoxy) is 1. The molecule has 1 aromatic carbocycles. The zero-order valence-electron chi connectivity index (χ0n) is 15.2. The number of hydrogen-bond donors (Lipinski definition) is 2. The van der Waals surface area contributed by atoms with Crippen LogP contribution in [0.5, 0.6) is 0 Å². The molecule has 3 N–H and O–H groups in total. The van der Waals surface area contributed by atoms with Gasteiger partial charge in [-0.2, -0.15) is 5.26 Å². The summed E-state index contributed by atoms with van der Waals surface area (Å²) < 4.78 is 5.12. The summed E-state index contributed by atoms with van der Waals surface area (Å²) in [6.07, 6.45) is 0. The number of nitro benzene ring substituents is 1. The first-order valence-corrected chi connectivity index (χ1v) is 9.23. The van der Waals surface area contributed by atoms with Crippen LogP contribution in [0.25, 0.3) is 0 Å². The van der Waals surface area contributed by atoms with Crippen LogP contribution in [-0.2, 0) is 14.3 Å². The molecule has 0 unspecified atom stereocenters. The van der Waals surface area contributed by atoms with Crippen molar-refractivity contribution in [3.63, 3.8) is 0 Å². The summed E-state index contributed by atoms with van der Waals surface area (Å²) in [7, 11) is 0. The maximum Gasteiger partial charge on any atom is 0.336 e. The smallest absolute Gasteiger partial charge is 0.336 e. The van der Waals surface area contributed by atoms with Crippen molar-refractivity contribution in [1.29, 1.82) is 5.26 Å². The summed E-state index contributed by atoms with van der Waals surface area (Å²) in [4.78, 5) is 34.3. The molecular weight excluding hydrogens is 384 g/mol. The van der Waals surface area contributed by atoms with Crippen LogP contribution in [0, 0.1) is 21.4 Å². The summed E-state index contributed by atoms with van der Waals surface area (Å²) in [5.74, 6) is -2.14. The number of nitriles is 1. The van der Waals surface area contributed by atoms with E-state index in [-0.39, 0.29) is 29.2 Å². The maximum atomic E-state index is 12.6. The van der Waals surface area contributed by atoms with Crippen LogP contribution in [-0.4, -0.2) is 29.2 Å². The number of thioether (sulfide) groups is 1. The lowest BCUT2D eigenvalue weighted by Gasteiger charge is -2.29. The Morgan fingerprint density at radius 2 is 2.18 bits per heavy atom. The van der Waals surface area contributed by atoms with Gasteiger partial charge in [0.05, 0.1) is 45.4 Å². The van der Waals surface area contributed by atoms with Crippen molar-refractivity contribution in [2.75, 3.05) is 12.4 Å². The number of esters is 1. The highest BCUT2D eigenvalue weighted by molar-refractivity contribution is 8.03. The predicted molar refractivity (Wildman–Crippen MR) is 103 cm³/mol. The van der Waals surface area contributed by atoms with Crippen LogP contribution in [0.15, 0.2) is 46.1 Å². The number of nitrogens with two attached hydrogens (primary N) is 1. The Bertz CT molecular complexity index is 932. The molecule has 9 nitrogen and oxygen atoms in total. The Morgan fingerprint density at radius 1 is 1.46 bits per heavy atom. The van der Waals surface area contributed by atoms with Crippen LogP contribution in [0.2, 0.25) is 0 Å². The van der Waals surface area contributed by atoms with E-state index in [0.29, 0.717) is 16.3 Å². The third-order valence-electron chi connectivity index (χ3n) is 3.92. The fourth-order valence-corrected chi connectivity index (χ4v) is 3.63. The first-order valence-electron chi connectivity index (χ1n) is 8.24. The van der Waals surface area contributed by atoms with Crippen molar-refractivity contribution in [2.24, 2.45) is 5.73 Å². The van der Waals surface area contributed by atoms with Gasteiger partial charge in [-0.15, -0.1) is 0 Å². The van der Waals surface area contributed by atoms with Gasteiger partial charge < -0.3 is 15.8 Å². The Kier molecular flexibility index (Phi) is 6.79. The van der Waals surface area contributed by atoms with Crippen LogP contribution in [0.3, 0.4) is 0 Å². The number of benzene rings is 1. The summed E-state index contributed by atoms with van der Waals surface area (Å²) in [5, 5.41) is 24.3. The topological polar surface area (TPSA) is 148 Å². The van der Waals surface area contributed by atoms with Crippen molar-refractivity contribution in [2.45, 2.75) is 19.8 Å². The minimum absolute atomic E-state index is 0.0722. The monoisotopic (exact) mass is 402 g/mol. The van der Waals surface area contributed by atoms with E-state index in [9.17, 15) is 25.0 Å². The molecule has 1 aromatic rings. The number of nitrogens with one attached hydrogen (secondary N) is 1. The summed E-state index contributed by atoms with van der Waals surface area (Å²) >= 11 is 1.03. The number of allylic oxidation sites excluding steroid dienone is 2. The van der Waals surface area contributed by atoms with E-state index in [4.69, 9.17) is 10.5 Å². The first-order chi connectivity index (χ1) is 13.3. The predicted octanol–water partition coefficient (Wildman–Crippen LogP) is 2.07. The van der Waals surface area contributed by atoms with Gasteiger partial charge in [0.25, 0.3) is 5.69 Å². The molecule has 0 saturated carbocycles. The second-order valence-electron chi connectivity index (χ2n) is 5.78. The largest absolute Gasteiger partial charge is 0.463 e. The number of carbonyl (C=O) groups is 2. The SMILES string of the molecule is CCOC(=O)C1=C(C)NC(SCC(N)=O)=C(C#N)[C@H]1c1cccc([N+](=O)[O-])c1. The van der Waals surface area contributed by atoms with Gasteiger partial charge in [0.1, 0.15) is 0 Å². The van der Waals surface area contributed by atoms with Gasteiger partial charge in [0.15, 0.2) is 0 Å². The number of primary amides is 1. The summed E-state index contributed by atoms with van der Waals surface area (Å²) in [6, 6.07) is 7.78. The van der Waals surface area contributed by atoms with Gasteiger partial charge >= 0.3 is 5.97 Å². The van der Waals surface area contributed by atoms with Gasteiger partial charge in [-0.1, -0.05) is 23.9 Å². The quantitative estimate of drug-likeness (QED) is 0.400. The highest BCUT2D eigenvalue weighted by Gasteiger charge is 2.36. The molecule has 0 aliphatic carbocycles. The average molecular weight is 402 g/mol. The lowest BCUT2D eigenvalue weighted by molar-refractivity contribution is -0.384. The summed E-state index contributed by atoms with van der Waals surface area (Å²) in [6.45, 7) is 3.42. The third-order valence-corrected chi connectivity index (χ3v) is 4.96. The number of hydrogen-bond acceptors (Lipinski definition) is 8. The van der Waals surface area contributed by atoms with Crippen LogP contribution >= 0.6 is 11.8 Å². The molecule has 1 aliphatic rings. The van der Waals surface area contributed by atoms with Crippen molar-refractivity contribution >= 4 is 29.3 Å². The minimum atomic E-state index is -0.874. The van der Waals surface area contributed by atoms with E-state index in [1.54, 1.807) is 19.9 Å². The van der Waals surface area contributed by atoms with Gasteiger partial charge in [-0.3, -0.25) is 14.9 Å². The lowest BCUT2D eigenvalue weighted by atomic mass is 9.82. The standard InChI is InChI=1S/C18H18N4O5S/c1-3-27-18(24)15-10(2)21-17(28-9-14(20)23)13(8-19)16(15)11-5-4-6-12(7-11)22(25)26/h4-7,16,21H,3,9H2,1-2H3,(H2,20,23)/t16-/m1/s1. The number of rotatable bonds is 7. The van der Waals surface area contributed by atoms with Gasteiger partial charge in [-0.25, -0.2) is 4.79 Å². The molecular formula is C18H18N4O5S. The number of nitrogens with zero attached hydrogens (tertiary/aromatic N) is 2. The van der Waals surface area contributed by atoms with E-state index in [1.807, 2.05) is 0 Å². The Hall–Kier alpha value is -3.32. The Morgan fingerprint density at radius 3 is 2.75 bits per heavy atom. The zero-order valence-corrected chi connectivity index (χ0v) is 16.0. The van der Waals surface area contributed by atoms with Crippen molar-refractivity contribution < 1.29 is 19.2 Å². The molecule has 1 heterocycles. The highest BCUT2D eigenvalue weighted by atomic mass is 32.2. The maximum absolute atomic E-state index is 12.6. The highest BCUT2D eigenvalue weighted by Crippen LogP contribution is 2.41. The molecule has 1 amide bonds. The average Bonchev–Trinajstić information content (AvgIpc) is 2.65. The van der Waals surface area contributed by atoms with E-state index in [1.165, 1.54) is 18.2 Å². The van der Waals surface area contributed by atoms with Crippen LogP contribution in [0.4, 0.5) is 5.69 Å². The van der Waals surface area contributed by atoms with Crippen molar-refractivity contribution in [1.82, 2.24) is 5.32 Å². The third kappa shape index (κ3) is 4.50. The second kappa shape index (κ2) is 9.05. The molecule has 10 heteroatoms. The van der Waals surface area contributed by atoms with E-state index in [2.05, 4.69) is 11.4 Å². The molecule has 0 radical (unpaired) electrons. The number of non-ortho nitro benzene ring substituents is 1. The van der Waals surface area contributed by atoms with E-state index < -0.39 is 22.7 Å². The van der Waals surface area contributed by atoms with Crippen LogP contribution < -0.4 is 11.1 Å². The lowest BCUT2D eigenvalue weighted by Crippen LogP contribution is -2.29. The van der Waals surface area contributed by atoms with Crippen molar-refractivity contribution in [3.05, 3.63) is 61.8 Å². The number of dihydropyridines is 1. The van der Waals surface area contributed by atoms with E-state index in [0.717, 1.165) is 11.8 Å². The van der Waals surface area contributed by atoms with E-state index >= 15 is 0 Å². The zero-order chi connectivity index (χ0) is 20.8. The van der Waals surface area contributed by atoms with Gasteiger partial charge in [0, 0.05) is 17.8 Å².